The van der Waals surface area contributed by atoms with Crippen LogP contribution in [0, 0.1) is 0 Å². The molecular formula is C20H28N4S. The van der Waals surface area contributed by atoms with Crippen LogP contribution in [0.4, 0.5) is 5.82 Å². The highest BCUT2D eigenvalue weighted by atomic mass is 32.2. The summed E-state index contributed by atoms with van der Waals surface area (Å²) in [5.74, 6) is 2.73. The van der Waals surface area contributed by atoms with Crippen LogP contribution in [0.25, 0.3) is 21.9 Å². The van der Waals surface area contributed by atoms with E-state index in [1.54, 1.807) is 0 Å². The lowest BCUT2D eigenvalue weighted by Gasteiger charge is -2.18. The van der Waals surface area contributed by atoms with E-state index in [9.17, 15) is 0 Å². The summed E-state index contributed by atoms with van der Waals surface area (Å²) in [6.45, 7) is 9.95. The van der Waals surface area contributed by atoms with Crippen LogP contribution >= 0.6 is 11.8 Å². The van der Waals surface area contributed by atoms with E-state index in [-0.39, 0.29) is 4.75 Å². The lowest BCUT2D eigenvalue weighted by Crippen LogP contribution is -2.12. The van der Waals surface area contributed by atoms with E-state index in [1.165, 1.54) is 0 Å². The maximum atomic E-state index is 6.24. The maximum absolute atomic E-state index is 6.24. The quantitative estimate of drug-likeness (QED) is 0.672. The molecule has 4 nitrogen and oxygen atoms in total. The molecular weight excluding hydrogens is 328 g/mol. The van der Waals surface area contributed by atoms with Crippen molar-refractivity contribution in [2.75, 3.05) is 11.5 Å². The zero-order valence-electron chi connectivity index (χ0n) is 15.7. The molecule has 0 aliphatic carbocycles. The number of rotatable bonds is 6. The average molecular weight is 357 g/mol. The molecule has 0 spiro atoms. The Morgan fingerprint density at radius 3 is 2.64 bits per heavy atom. The number of unbranched alkanes of at least 4 members (excludes halogenated alkanes) is 1. The Kier molecular flexibility index (Phi) is 5.23. The standard InChI is InChI=1S/C20H28N4S/c1-5-6-11-16-23-17-18(24(16)12-13-25-20(2,3)4)14-9-7-8-10-15(14)22-19(17)21/h7-10H,5-6,11-13H2,1-4H3,(H2,21,22). The Morgan fingerprint density at radius 1 is 1.16 bits per heavy atom. The van der Waals surface area contributed by atoms with Crippen molar-refractivity contribution >= 4 is 39.5 Å². The number of aryl methyl sites for hydroxylation is 2. The molecule has 5 heteroatoms. The molecule has 0 unspecified atom stereocenters. The molecule has 0 atom stereocenters. The Labute approximate surface area is 154 Å². The summed E-state index contributed by atoms with van der Waals surface area (Å²) in [5, 5.41) is 1.14. The number of benzene rings is 1. The van der Waals surface area contributed by atoms with Crippen molar-refractivity contribution in [3.63, 3.8) is 0 Å². The van der Waals surface area contributed by atoms with Crippen LogP contribution in [0.2, 0.25) is 0 Å². The number of aromatic nitrogens is 3. The summed E-state index contributed by atoms with van der Waals surface area (Å²) in [4.78, 5) is 9.44. The van der Waals surface area contributed by atoms with Gasteiger partial charge in [0.2, 0.25) is 0 Å². The molecule has 0 aliphatic heterocycles. The summed E-state index contributed by atoms with van der Waals surface area (Å²) >= 11 is 1.99. The summed E-state index contributed by atoms with van der Waals surface area (Å²) in [6, 6.07) is 8.22. The van der Waals surface area contributed by atoms with E-state index in [0.29, 0.717) is 5.82 Å². The van der Waals surface area contributed by atoms with Crippen molar-refractivity contribution in [2.24, 2.45) is 0 Å². The molecule has 3 aromatic rings. The first-order valence-electron chi connectivity index (χ1n) is 9.08. The minimum Gasteiger partial charge on any atom is -0.382 e. The molecule has 0 amide bonds. The maximum Gasteiger partial charge on any atom is 0.152 e. The van der Waals surface area contributed by atoms with E-state index < -0.39 is 0 Å². The number of hydrogen-bond donors (Lipinski definition) is 1. The van der Waals surface area contributed by atoms with Gasteiger partial charge in [0.05, 0.1) is 11.0 Å². The molecule has 0 bridgehead atoms. The fourth-order valence-corrected chi connectivity index (χ4v) is 4.00. The number of fused-ring (bicyclic) bond motifs is 3. The molecule has 0 fully saturated rings. The largest absolute Gasteiger partial charge is 0.382 e. The van der Waals surface area contributed by atoms with Gasteiger partial charge in [0.25, 0.3) is 0 Å². The second kappa shape index (κ2) is 7.24. The van der Waals surface area contributed by atoms with Crippen LogP contribution in [-0.2, 0) is 13.0 Å². The Hall–Kier alpha value is -1.75. The highest BCUT2D eigenvalue weighted by molar-refractivity contribution is 8.00. The van der Waals surface area contributed by atoms with E-state index in [0.717, 1.165) is 59.3 Å². The summed E-state index contributed by atoms with van der Waals surface area (Å²) < 4.78 is 2.65. The second-order valence-electron chi connectivity index (χ2n) is 7.46. The number of thioether (sulfide) groups is 1. The number of hydrogen-bond acceptors (Lipinski definition) is 4. The smallest absolute Gasteiger partial charge is 0.152 e. The van der Waals surface area contributed by atoms with Gasteiger partial charge in [0.1, 0.15) is 11.3 Å². The van der Waals surface area contributed by atoms with E-state index in [1.807, 2.05) is 23.9 Å². The van der Waals surface area contributed by atoms with E-state index >= 15 is 0 Å². The lowest BCUT2D eigenvalue weighted by molar-refractivity contribution is 0.677. The highest BCUT2D eigenvalue weighted by Gasteiger charge is 2.18. The van der Waals surface area contributed by atoms with Crippen molar-refractivity contribution in [1.82, 2.24) is 14.5 Å². The van der Waals surface area contributed by atoms with Gasteiger partial charge in [-0.1, -0.05) is 52.3 Å². The third-order valence-corrected chi connectivity index (χ3v) is 5.55. The average Bonchev–Trinajstić information content (AvgIpc) is 2.91. The molecule has 25 heavy (non-hydrogen) atoms. The van der Waals surface area contributed by atoms with Gasteiger partial charge < -0.3 is 10.3 Å². The minimum absolute atomic E-state index is 0.266. The third kappa shape index (κ3) is 3.92. The molecule has 2 N–H and O–H groups in total. The minimum atomic E-state index is 0.266. The number of nitrogens with zero attached hydrogens (tertiary/aromatic N) is 3. The molecule has 1 aromatic carbocycles. The fraction of sp³-hybridized carbons (Fsp3) is 0.500. The number of para-hydroxylation sites is 1. The molecule has 2 heterocycles. The Morgan fingerprint density at radius 2 is 1.92 bits per heavy atom. The first-order valence-corrected chi connectivity index (χ1v) is 10.1. The van der Waals surface area contributed by atoms with Crippen molar-refractivity contribution in [3.05, 3.63) is 30.1 Å². The van der Waals surface area contributed by atoms with Gasteiger partial charge in [-0.15, -0.1) is 0 Å². The molecule has 134 valence electrons. The SMILES string of the molecule is CCCCc1nc2c(N)nc3ccccc3c2n1CCSC(C)(C)C. The van der Waals surface area contributed by atoms with Crippen molar-refractivity contribution in [2.45, 2.75) is 58.2 Å². The number of nitrogen functional groups attached to an aromatic ring is 1. The van der Waals surface area contributed by atoms with Crippen LogP contribution < -0.4 is 5.73 Å². The predicted octanol–water partition coefficient (Wildman–Crippen LogP) is 5.04. The van der Waals surface area contributed by atoms with Gasteiger partial charge in [-0.2, -0.15) is 11.8 Å². The molecule has 0 saturated carbocycles. The van der Waals surface area contributed by atoms with Gasteiger partial charge >= 0.3 is 0 Å². The van der Waals surface area contributed by atoms with Crippen LogP contribution in [0.5, 0.6) is 0 Å². The summed E-state index contributed by atoms with van der Waals surface area (Å²) in [7, 11) is 0. The monoisotopic (exact) mass is 356 g/mol. The van der Waals surface area contributed by atoms with Crippen molar-refractivity contribution < 1.29 is 0 Å². The Bertz CT molecular complexity index is 877. The van der Waals surface area contributed by atoms with Crippen molar-refractivity contribution in [1.29, 1.82) is 0 Å². The highest BCUT2D eigenvalue weighted by Crippen LogP contribution is 2.30. The van der Waals surface area contributed by atoms with Crippen LogP contribution in [0.3, 0.4) is 0 Å². The molecule has 2 aromatic heterocycles. The fourth-order valence-electron chi connectivity index (χ4n) is 3.11. The van der Waals surface area contributed by atoms with E-state index in [4.69, 9.17) is 10.7 Å². The summed E-state index contributed by atoms with van der Waals surface area (Å²) in [5.41, 5.74) is 9.18. The summed E-state index contributed by atoms with van der Waals surface area (Å²) in [6.07, 6.45) is 3.29. The normalized spacial score (nSPS) is 12.3. The topological polar surface area (TPSA) is 56.7 Å². The first-order chi connectivity index (χ1) is 11.9. The molecule has 0 saturated heterocycles. The number of anilines is 1. The number of imidazole rings is 1. The molecule has 0 radical (unpaired) electrons. The molecule has 0 aliphatic rings. The van der Waals surface area contributed by atoms with Gasteiger partial charge in [0.15, 0.2) is 5.82 Å². The Balaban J connectivity index is 2.11. The second-order valence-corrected chi connectivity index (χ2v) is 9.38. The molecule has 3 rings (SSSR count). The zero-order valence-corrected chi connectivity index (χ0v) is 16.5. The van der Waals surface area contributed by atoms with Gasteiger partial charge in [0, 0.05) is 28.9 Å². The number of nitrogens with two attached hydrogens (primary N) is 1. The predicted molar refractivity (Wildman–Crippen MR) is 110 cm³/mol. The third-order valence-electron chi connectivity index (χ3n) is 4.29. The van der Waals surface area contributed by atoms with Crippen LogP contribution in [0.15, 0.2) is 24.3 Å². The number of pyridine rings is 1. The van der Waals surface area contributed by atoms with Crippen molar-refractivity contribution in [3.8, 4) is 0 Å². The van der Waals surface area contributed by atoms with Crippen LogP contribution in [-0.4, -0.2) is 25.0 Å². The van der Waals surface area contributed by atoms with Crippen LogP contribution in [0.1, 0.15) is 46.4 Å². The van der Waals surface area contributed by atoms with Gasteiger partial charge in [-0.25, -0.2) is 9.97 Å². The van der Waals surface area contributed by atoms with E-state index in [2.05, 4.69) is 49.4 Å². The lowest BCUT2D eigenvalue weighted by atomic mass is 10.2. The van der Waals surface area contributed by atoms with Gasteiger partial charge in [-0.3, -0.25) is 0 Å². The zero-order chi connectivity index (χ0) is 18.0. The first kappa shape index (κ1) is 18.1. The van der Waals surface area contributed by atoms with Gasteiger partial charge in [-0.05, 0) is 12.5 Å².